The van der Waals surface area contributed by atoms with Crippen molar-refractivity contribution in [2.75, 3.05) is 18.2 Å². The van der Waals surface area contributed by atoms with Crippen molar-refractivity contribution in [3.63, 3.8) is 0 Å². The minimum Gasteiger partial charge on any atom is -0.465 e. The largest absolute Gasteiger partial charge is 0.465 e. The average Bonchev–Trinajstić information content (AvgIpc) is 3.30. The summed E-state index contributed by atoms with van der Waals surface area (Å²) in [6.07, 6.45) is 0. The van der Waals surface area contributed by atoms with Crippen molar-refractivity contribution in [3.8, 4) is 5.69 Å². The van der Waals surface area contributed by atoms with Gasteiger partial charge in [0.05, 0.1) is 24.2 Å². The number of carbonyl (C=O) groups is 2. The maximum atomic E-state index is 12.6. The topological polar surface area (TPSA) is 86.1 Å². The number of methoxy groups -OCH3 is 1. The second-order valence-corrected chi connectivity index (χ2v) is 9.07. The van der Waals surface area contributed by atoms with Crippen LogP contribution in [-0.4, -0.2) is 39.5 Å². The molecule has 0 radical (unpaired) electrons. The Morgan fingerprint density at radius 2 is 1.65 bits per heavy atom. The zero-order chi connectivity index (χ0) is 23.8. The third kappa shape index (κ3) is 6.06. The molecule has 0 aliphatic heterocycles. The van der Waals surface area contributed by atoms with E-state index in [0.717, 1.165) is 16.4 Å². The van der Waals surface area contributed by atoms with E-state index in [4.69, 9.17) is 4.74 Å². The Morgan fingerprint density at radius 1 is 0.912 bits per heavy atom. The smallest absolute Gasteiger partial charge is 0.337 e. The molecule has 0 aliphatic rings. The number of hydrogen-bond acceptors (Lipinski definition) is 7. The van der Waals surface area contributed by atoms with E-state index >= 15 is 0 Å². The van der Waals surface area contributed by atoms with Crippen LogP contribution in [0.3, 0.4) is 0 Å². The molecule has 4 aromatic rings. The van der Waals surface area contributed by atoms with Gasteiger partial charge >= 0.3 is 5.97 Å². The van der Waals surface area contributed by atoms with Crippen LogP contribution in [0.25, 0.3) is 5.69 Å². The van der Waals surface area contributed by atoms with Gasteiger partial charge in [-0.05, 0) is 42.5 Å². The van der Waals surface area contributed by atoms with E-state index in [1.54, 1.807) is 36.0 Å². The molecular formula is C25H22N4O3S2. The van der Waals surface area contributed by atoms with Crippen LogP contribution in [0.4, 0.5) is 5.69 Å². The Hall–Kier alpha value is -3.56. The number of nitrogens with one attached hydrogen (secondary N) is 1. The number of ether oxygens (including phenoxy) is 1. The SMILES string of the molecule is COC(=O)c1cccc(NC(=O)CSc2nnc(CSc3ccccc3)n2-c2ccccc2)c1. The molecule has 1 heterocycles. The minimum absolute atomic E-state index is 0.138. The van der Waals surface area contributed by atoms with Gasteiger partial charge in [0.25, 0.3) is 0 Å². The fraction of sp³-hybridized carbons (Fsp3) is 0.120. The lowest BCUT2D eigenvalue weighted by Crippen LogP contribution is -2.15. The van der Waals surface area contributed by atoms with Gasteiger partial charge in [0.15, 0.2) is 5.16 Å². The molecule has 1 aromatic heterocycles. The quantitative estimate of drug-likeness (QED) is 0.259. The lowest BCUT2D eigenvalue weighted by atomic mass is 10.2. The number of rotatable bonds is 9. The predicted octanol–water partition coefficient (Wildman–Crippen LogP) is 5.08. The third-order valence-electron chi connectivity index (χ3n) is 4.73. The molecule has 1 amide bonds. The Bertz CT molecular complexity index is 1260. The van der Waals surface area contributed by atoms with Gasteiger partial charge in [-0.25, -0.2) is 4.79 Å². The van der Waals surface area contributed by atoms with Crippen LogP contribution in [0.2, 0.25) is 0 Å². The van der Waals surface area contributed by atoms with Gasteiger partial charge in [0, 0.05) is 16.3 Å². The van der Waals surface area contributed by atoms with Crippen molar-refractivity contribution in [2.45, 2.75) is 15.8 Å². The van der Waals surface area contributed by atoms with E-state index in [0.29, 0.717) is 22.2 Å². The molecule has 0 unspecified atom stereocenters. The van der Waals surface area contributed by atoms with Gasteiger partial charge in [-0.1, -0.05) is 54.2 Å². The molecule has 9 heteroatoms. The summed E-state index contributed by atoms with van der Waals surface area (Å²) in [5.41, 5.74) is 1.83. The molecule has 3 aromatic carbocycles. The van der Waals surface area contributed by atoms with Gasteiger partial charge in [0.2, 0.25) is 5.91 Å². The van der Waals surface area contributed by atoms with E-state index in [-0.39, 0.29) is 11.7 Å². The molecule has 172 valence electrons. The van der Waals surface area contributed by atoms with E-state index in [2.05, 4.69) is 27.6 Å². The number of hydrogen-bond donors (Lipinski definition) is 1. The normalized spacial score (nSPS) is 10.6. The van der Waals surface area contributed by atoms with Gasteiger partial charge < -0.3 is 10.1 Å². The van der Waals surface area contributed by atoms with Crippen molar-refractivity contribution < 1.29 is 14.3 Å². The molecule has 34 heavy (non-hydrogen) atoms. The first-order chi connectivity index (χ1) is 16.6. The highest BCUT2D eigenvalue weighted by atomic mass is 32.2. The van der Waals surface area contributed by atoms with Crippen molar-refractivity contribution in [2.24, 2.45) is 0 Å². The number of para-hydroxylation sites is 1. The summed E-state index contributed by atoms with van der Waals surface area (Å²) >= 11 is 2.98. The fourth-order valence-electron chi connectivity index (χ4n) is 3.16. The van der Waals surface area contributed by atoms with Crippen LogP contribution >= 0.6 is 23.5 Å². The van der Waals surface area contributed by atoms with Crippen LogP contribution < -0.4 is 5.32 Å². The molecule has 0 saturated heterocycles. The number of benzene rings is 3. The molecule has 1 N–H and O–H groups in total. The van der Waals surface area contributed by atoms with Gasteiger partial charge in [-0.15, -0.1) is 22.0 Å². The van der Waals surface area contributed by atoms with Gasteiger partial charge in [-0.2, -0.15) is 0 Å². The molecule has 0 bridgehead atoms. The molecule has 0 atom stereocenters. The summed E-state index contributed by atoms with van der Waals surface area (Å²) in [6.45, 7) is 0. The van der Waals surface area contributed by atoms with E-state index < -0.39 is 5.97 Å². The Labute approximate surface area is 205 Å². The number of anilines is 1. The minimum atomic E-state index is -0.456. The van der Waals surface area contributed by atoms with Crippen LogP contribution in [0.1, 0.15) is 16.2 Å². The summed E-state index contributed by atoms with van der Waals surface area (Å²) < 4.78 is 6.71. The van der Waals surface area contributed by atoms with Crippen molar-refractivity contribution >= 4 is 41.1 Å². The molecule has 0 saturated carbocycles. The molecule has 0 spiro atoms. The Kier molecular flexibility index (Phi) is 8.00. The van der Waals surface area contributed by atoms with E-state index in [1.165, 1.54) is 18.9 Å². The Morgan fingerprint density at radius 3 is 2.38 bits per heavy atom. The number of esters is 1. The number of amides is 1. The van der Waals surface area contributed by atoms with Crippen molar-refractivity contribution in [1.82, 2.24) is 14.8 Å². The highest BCUT2D eigenvalue weighted by Crippen LogP contribution is 2.27. The summed E-state index contributed by atoms with van der Waals surface area (Å²) in [5, 5.41) is 12.2. The maximum Gasteiger partial charge on any atom is 0.337 e. The summed E-state index contributed by atoms with van der Waals surface area (Å²) in [6, 6.07) is 26.6. The highest BCUT2D eigenvalue weighted by Gasteiger charge is 2.16. The maximum absolute atomic E-state index is 12.6. The van der Waals surface area contributed by atoms with Crippen LogP contribution in [-0.2, 0) is 15.3 Å². The number of thioether (sulfide) groups is 2. The number of aromatic nitrogens is 3. The van der Waals surface area contributed by atoms with Crippen LogP contribution in [0.5, 0.6) is 0 Å². The average molecular weight is 491 g/mol. The highest BCUT2D eigenvalue weighted by molar-refractivity contribution is 7.99. The summed E-state index contributed by atoms with van der Waals surface area (Å²) in [7, 11) is 1.32. The summed E-state index contributed by atoms with van der Waals surface area (Å²) in [5.74, 6) is 0.907. The van der Waals surface area contributed by atoms with E-state index in [1.807, 2.05) is 53.1 Å². The monoisotopic (exact) mass is 490 g/mol. The second kappa shape index (κ2) is 11.5. The fourth-order valence-corrected chi connectivity index (χ4v) is 4.76. The molecule has 7 nitrogen and oxygen atoms in total. The predicted molar refractivity (Wildman–Crippen MR) is 134 cm³/mol. The molecule has 0 fully saturated rings. The zero-order valence-corrected chi connectivity index (χ0v) is 20.0. The first-order valence-corrected chi connectivity index (χ1v) is 12.4. The first kappa shape index (κ1) is 23.6. The standard InChI is InChI=1S/C25H22N4O3S2/c1-32-24(31)18-9-8-10-19(15-18)26-23(30)17-34-25-28-27-22(16-33-21-13-6-3-7-14-21)29(25)20-11-4-2-5-12-20/h2-15H,16-17H2,1H3,(H,26,30). The third-order valence-corrected chi connectivity index (χ3v) is 6.66. The van der Waals surface area contributed by atoms with Crippen molar-refractivity contribution in [3.05, 3.63) is 96.3 Å². The zero-order valence-electron chi connectivity index (χ0n) is 18.4. The van der Waals surface area contributed by atoms with Crippen molar-refractivity contribution in [1.29, 1.82) is 0 Å². The van der Waals surface area contributed by atoms with Gasteiger partial charge in [-0.3, -0.25) is 9.36 Å². The van der Waals surface area contributed by atoms with E-state index in [9.17, 15) is 9.59 Å². The summed E-state index contributed by atoms with van der Waals surface area (Å²) in [4.78, 5) is 25.5. The lowest BCUT2D eigenvalue weighted by Gasteiger charge is -2.10. The first-order valence-electron chi connectivity index (χ1n) is 10.4. The van der Waals surface area contributed by atoms with Crippen LogP contribution in [0, 0.1) is 0 Å². The lowest BCUT2D eigenvalue weighted by molar-refractivity contribution is -0.113. The van der Waals surface area contributed by atoms with Gasteiger partial charge in [0.1, 0.15) is 5.82 Å². The Balaban J connectivity index is 1.46. The molecule has 0 aliphatic carbocycles. The number of carbonyl (C=O) groups excluding carboxylic acids is 2. The van der Waals surface area contributed by atoms with Crippen LogP contribution in [0.15, 0.2) is 95.0 Å². The molecule has 4 rings (SSSR count). The second-order valence-electron chi connectivity index (χ2n) is 7.08. The number of nitrogens with zero attached hydrogens (tertiary/aromatic N) is 3. The molecular weight excluding hydrogens is 468 g/mol.